The van der Waals surface area contributed by atoms with E-state index in [4.69, 9.17) is 5.73 Å². The first-order valence-electron chi connectivity index (χ1n) is 5.93. The average Bonchev–Trinajstić information content (AvgIpc) is 2.37. The lowest BCUT2D eigenvalue weighted by molar-refractivity contribution is -0.122. The highest BCUT2D eigenvalue weighted by Gasteiger charge is 2.14. The molecular formula is C12H19N3O3S. The number of carbonyl (C=O) groups excluding carboxylic acids is 1. The molecule has 1 aromatic carbocycles. The molecule has 1 rings (SSSR count). The van der Waals surface area contributed by atoms with Crippen LogP contribution in [0.1, 0.15) is 18.0 Å². The van der Waals surface area contributed by atoms with E-state index in [0.717, 1.165) is 11.8 Å². The monoisotopic (exact) mass is 285 g/mol. The smallest absolute Gasteiger partial charge is 0.241 e. The second-order valence-corrected chi connectivity index (χ2v) is 6.03. The predicted molar refractivity (Wildman–Crippen MR) is 73.8 cm³/mol. The van der Waals surface area contributed by atoms with Crippen molar-refractivity contribution in [2.24, 2.45) is 5.73 Å². The highest BCUT2D eigenvalue weighted by atomic mass is 32.2. The Morgan fingerprint density at radius 2 is 1.89 bits per heavy atom. The van der Waals surface area contributed by atoms with E-state index in [1.54, 1.807) is 12.1 Å². The minimum Gasteiger partial charge on any atom is -0.354 e. The van der Waals surface area contributed by atoms with Crippen LogP contribution in [0.4, 0.5) is 0 Å². The van der Waals surface area contributed by atoms with Gasteiger partial charge in [-0.2, -0.15) is 0 Å². The van der Waals surface area contributed by atoms with E-state index in [2.05, 4.69) is 10.0 Å². The van der Waals surface area contributed by atoms with E-state index in [0.29, 0.717) is 19.5 Å². The molecule has 0 saturated carbocycles. The largest absolute Gasteiger partial charge is 0.354 e. The molecule has 0 fully saturated rings. The number of carbonyl (C=O) groups is 1. The molecule has 0 aliphatic rings. The Morgan fingerprint density at radius 3 is 2.47 bits per heavy atom. The average molecular weight is 285 g/mol. The third-order valence-electron chi connectivity index (χ3n) is 2.46. The van der Waals surface area contributed by atoms with Crippen molar-refractivity contribution >= 4 is 15.9 Å². The molecule has 0 unspecified atom stereocenters. The van der Waals surface area contributed by atoms with Crippen LogP contribution in [0, 0.1) is 0 Å². The summed E-state index contributed by atoms with van der Waals surface area (Å²) >= 11 is 0. The van der Waals surface area contributed by atoms with Gasteiger partial charge in [0.1, 0.15) is 6.04 Å². The van der Waals surface area contributed by atoms with Gasteiger partial charge in [0, 0.05) is 13.1 Å². The van der Waals surface area contributed by atoms with Gasteiger partial charge in [0.05, 0.1) is 6.26 Å². The molecule has 106 valence electrons. The number of benzene rings is 1. The van der Waals surface area contributed by atoms with Gasteiger partial charge in [-0.05, 0) is 12.0 Å². The molecule has 1 aromatic rings. The van der Waals surface area contributed by atoms with Crippen LogP contribution >= 0.6 is 0 Å². The van der Waals surface area contributed by atoms with Gasteiger partial charge in [-0.15, -0.1) is 0 Å². The first-order chi connectivity index (χ1) is 8.90. The van der Waals surface area contributed by atoms with Crippen LogP contribution in [0.25, 0.3) is 0 Å². The molecule has 0 radical (unpaired) electrons. The Morgan fingerprint density at radius 1 is 1.26 bits per heavy atom. The molecule has 0 saturated heterocycles. The molecular weight excluding hydrogens is 266 g/mol. The van der Waals surface area contributed by atoms with Crippen LogP contribution in [-0.2, 0) is 14.8 Å². The number of sulfonamides is 1. The first-order valence-corrected chi connectivity index (χ1v) is 7.82. The van der Waals surface area contributed by atoms with Crippen molar-refractivity contribution in [2.75, 3.05) is 19.3 Å². The number of hydrogen-bond donors (Lipinski definition) is 3. The second kappa shape index (κ2) is 7.22. The fourth-order valence-electron chi connectivity index (χ4n) is 1.48. The van der Waals surface area contributed by atoms with Crippen LogP contribution < -0.4 is 15.8 Å². The number of amides is 1. The molecule has 7 heteroatoms. The van der Waals surface area contributed by atoms with Crippen LogP contribution in [0.2, 0.25) is 0 Å². The van der Waals surface area contributed by atoms with Gasteiger partial charge in [0.15, 0.2) is 0 Å². The van der Waals surface area contributed by atoms with E-state index in [9.17, 15) is 13.2 Å². The quantitative estimate of drug-likeness (QED) is 0.601. The topological polar surface area (TPSA) is 101 Å². The maximum Gasteiger partial charge on any atom is 0.241 e. The zero-order chi connectivity index (χ0) is 14.3. The Labute approximate surface area is 113 Å². The van der Waals surface area contributed by atoms with E-state index < -0.39 is 16.1 Å². The van der Waals surface area contributed by atoms with Crippen molar-refractivity contribution in [1.29, 1.82) is 0 Å². The number of nitrogens with two attached hydrogens (primary N) is 1. The molecule has 19 heavy (non-hydrogen) atoms. The van der Waals surface area contributed by atoms with Crippen LogP contribution in [0.5, 0.6) is 0 Å². The third-order valence-corrected chi connectivity index (χ3v) is 3.19. The molecule has 0 heterocycles. The maximum atomic E-state index is 11.7. The lowest BCUT2D eigenvalue weighted by atomic mass is 10.1. The molecule has 6 nitrogen and oxygen atoms in total. The van der Waals surface area contributed by atoms with Crippen LogP contribution in [-0.4, -0.2) is 33.7 Å². The molecule has 1 atom stereocenters. The first kappa shape index (κ1) is 15.6. The van der Waals surface area contributed by atoms with Gasteiger partial charge in [-0.25, -0.2) is 13.1 Å². The van der Waals surface area contributed by atoms with Crippen molar-refractivity contribution in [3.05, 3.63) is 35.9 Å². The Bertz CT molecular complexity index is 502. The summed E-state index contributed by atoms with van der Waals surface area (Å²) in [5.41, 5.74) is 6.54. The van der Waals surface area contributed by atoms with Gasteiger partial charge >= 0.3 is 0 Å². The third kappa shape index (κ3) is 6.32. The Kier molecular flexibility index (Phi) is 5.94. The van der Waals surface area contributed by atoms with Crippen molar-refractivity contribution in [3.63, 3.8) is 0 Å². The minimum atomic E-state index is -3.17. The van der Waals surface area contributed by atoms with E-state index in [1.807, 2.05) is 18.2 Å². The van der Waals surface area contributed by atoms with Crippen molar-refractivity contribution in [2.45, 2.75) is 12.5 Å². The molecule has 0 bridgehead atoms. The summed E-state index contributed by atoms with van der Waals surface area (Å²) in [5.74, 6) is -0.273. The SMILES string of the molecule is CS(=O)(=O)NCCCNC(=O)[C@@H](N)c1ccccc1. The summed E-state index contributed by atoms with van der Waals surface area (Å²) in [6, 6.07) is 8.36. The van der Waals surface area contributed by atoms with E-state index in [-0.39, 0.29) is 5.91 Å². The predicted octanol–water partition coefficient (Wildman–Crippen LogP) is -0.258. The lowest BCUT2D eigenvalue weighted by Gasteiger charge is -2.12. The number of nitrogens with one attached hydrogen (secondary N) is 2. The Balaban J connectivity index is 2.28. The van der Waals surface area contributed by atoms with Gasteiger partial charge in [-0.1, -0.05) is 30.3 Å². The fraction of sp³-hybridized carbons (Fsp3) is 0.417. The number of rotatable bonds is 7. The number of hydrogen-bond acceptors (Lipinski definition) is 4. The summed E-state index contributed by atoms with van der Waals surface area (Å²) in [6.45, 7) is 0.668. The molecule has 0 spiro atoms. The van der Waals surface area contributed by atoms with Gasteiger partial charge < -0.3 is 11.1 Å². The molecule has 0 aromatic heterocycles. The van der Waals surface area contributed by atoms with Crippen molar-refractivity contribution < 1.29 is 13.2 Å². The van der Waals surface area contributed by atoms with Gasteiger partial charge in [-0.3, -0.25) is 4.79 Å². The molecule has 4 N–H and O–H groups in total. The summed E-state index contributed by atoms with van der Waals surface area (Å²) in [4.78, 5) is 11.7. The van der Waals surface area contributed by atoms with Crippen molar-refractivity contribution in [3.8, 4) is 0 Å². The van der Waals surface area contributed by atoms with Crippen LogP contribution in [0.15, 0.2) is 30.3 Å². The maximum absolute atomic E-state index is 11.7. The van der Waals surface area contributed by atoms with E-state index in [1.165, 1.54) is 0 Å². The normalized spacial score (nSPS) is 12.9. The second-order valence-electron chi connectivity index (χ2n) is 4.20. The standard InChI is InChI=1S/C12H19N3O3S/c1-19(17,18)15-9-5-8-14-12(16)11(13)10-6-3-2-4-7-10/h2-4,6-7,11,15H,5,8-9,13H2,1H3,(H,14,16)/t11-/m0/s1. The lowest BCUT2D eigenvalue weighted by Crippen LogP contribution is -2.35. The van der Waals surface area contributed by atoms with Gasteiger partial charge in [0.25, 0.3) is 0 Å². The molecule has 0 aliphatic heterocycles. The fourth-order valence-corrected chi connectivity index (χ4v) is 1.99. The van der Waals surface area contributed by atoms with E-state index >= 15 is 0 Å². The highest BCUT2D eigenvalue weighted by molar-refractivity contribution is 7.88. The Hall–Kier alpha value is -1.44. The molecule has 1 amide bonds. The van der Waals surface area contributed by atoms with Crippen LogP contribution in [0.3, 0.4) is 0 Å². The molecule has 0 aliphatic carbocycles. The highest BCUT2D eigenvalue weighted by Crippen LogP contribution is 2.08. The summed E-state index contributed by atoms with van der Waals surface area (Å²) in [5, 5.41) is 2.67. The zero-order valence-corrected chi connectivity index (χ0v) is 11.6. The van der Waals surface area contributed by atoms with Crippen molar-refractivity contribution in [1.82, 2.24) is 10.0 Å². The zero-order valence-electron chi connectivity index (χ0n) is 10.8. The minimum absolute atomic E-state index is 0.273. The summed E-state index contributed by atoms with van der Waals surface area (Å²) < 4.78 is 24.0. The summed E-state index contributed by atoms with van der Waals surface area (Å²) in [7, 11) is -3.17. The van der Waals surface area contributed by atoms with Gasteiger partial charge in [0.2, 0.25) is 15.9 Å². The summed E-state index contributed by atoms with van der Waals surface area (Å²) in [6.07, 6.45) is 1.61.